The first-order valence-corrected chi connectivity index (χ1v) is 7.10. The predicted molar refractivity (Wildman–Crippen MR) is 85.4 cm³/mol. The van der Waals surface area contributed by atoms with Crippen LogP contribution in [-0.2, 0) is 6.42 Å². The molecular formula is C15H17Cl2N3. The van der Waals surface area contributed by atoms with E-state index < -0.39 is 0 Å². The highest BCUT2D eigenvalue weighted by atomic mass is 35.5. The van der Waals surface area contributed by atoms with Gasteiger partial charge in [-0.15, -0.1) is 0 Å². The molecule has 3 N–H and O–H groups in total. The molecular weight excluding hydrogens is 293 g/mol. The van der Waals surface area contributed by atoms with Crippen LogP contribution in [0, 0.1) is 6.92 Å². The monoisotopic (exact) mass is 309 g/mol. The first-order valence-electron chi connectivity index (χ1n) is 6.35. The minimum Gasteiger partial charge on any atom is -0.383 e. The molecule has 1 unspecified atom stereocenters. The van der Waals surface area contributed by atoms with E-state index in [4.69, 9.17) is 28.9 Å². The molecule has 2 rings (SSSR count). The number of anilines is 1. The highest BCUT2D eigenvalue weighted by molar-refractivity contribution is 6.35. The Morgan fingerprint density at radius 1 is 1.30 bits per heavy atom. The zero-order valence-electron chi connectivity index (χ0n) is 11.5. The summed E-state index contributed by atoms with van der Waals surface area (Å²) in [5.41, 5.74) is 9.16. The Balaban J connectivity index is 2.34. The highest BCUT2D eigenvalue weighted by Crippen LogP contribution is 2.29. The van der Waals surface area contributed by atoms with Crippen LogP contribution in [0.5, 0.6) is 0 Å². The lowest BCUT2D eigenvalue weighted by Crippen LogP contribution is -2.21. The summed E-state index contributed by atoms with van der Waals surface area (Å²) in [4.78, 5) is 4.17. The van der Waals surface area contributed by atoms with Gasteiger partial charge in [0.15, 0.2) is 0 Å². The van der Waals surface area contributed by atoms with Crippen molar-refractivity contribution in [1.82, 2.24) is 10.3 Å². The summed E-state index contributed by atoms with van der Waals surface area (Å²) >= 11 is 12.2. The number of likely N-dealkylation sites (N-methyl/N-ethyl adjacent to an activating group) is 1. The number of hydrogen-bond acceptors (Lipinski definition) is 3. The SMILES string of the molecule is CNC(Cc1ccc(Cl)cc1Cl)c1c(C)ccnc1N. The fourth-order valence-corrected chi connectivity index (χ4v) is 2.79. The van der Waals surface area contributed by atoms with E-state index in [0.29, 0.717) is 15.9 Å². The quantitative estimate of drug-likeness (QED) is 0.903. The largest absolute Gasteiger partial charge is 0.383 e. The van der Waals surface area contributed by atoms with Crippen LogP contribution in [-0.4, -0.2) is 12.0 Å². The van der Waals surface area contributed by atoms with E-state index in [-0.39, 0.29) is 6.04 Å². The second-order valence-corrected chi connectivity index (χ2v) is 5.55. The molecule has 0 fully saturated rings. The van der Waals surface area contributed by atoms with Crippen molar-refractivity contribution in [3.05, 3.63) is 57.2 Å². The molecule has 2 aromatic rings. The lowest BCUT2D eigenvalue weighted by molar-refractivity contribution is 0.589. The van der Waals surface area contributed by atoms with Crippen molar-refractivity contribution in [1.29, 1.82) is 0 Å². The average molecular weight is 310 g/mol. The molecule has 0 radical (unpaired) electrons. The first-order chi connectivity index (χ1) is 9.52. The van der Waals surface area contributed by atoms with E-state index in [1.807, 2.05) is 32.2 Å². The second-order valence-electron chi connectivity index (χ2n) is 4.71. The van der Waals surface area contributed by atoms with Crippen molar-refractivity contribution in [3.63, 3.8) is 0 Å². The smallest absolute Gasteiger partial charge is 0.128 e. The van der Waals surface area contributed by atoms with Gasteiger partial charge in [-0.05, 0) is 49.7 Å². The Bertz CT molecular complexity index is 594. The number of nitrogens with zero attached hydrogens (tertiary/aromatic N) is 1. The zero-order chi connectivity index (χ0) is 14.7. The number of rotatable bonds is 4. The van der Waals surface area contributed by atoms with Crippen molar-refractivity contribution in [2.24, 2.45) is 0 Å². The maximum atomic E-state index is 6.24. The number of benzene rings is 1. The van der Waals surface area contributed by atoms with Gasteiger partial charge >= 0.3 is 0 Å². The second kappa shape index (κ2) is 6.44. The van der Waals surface area contributed by atoms with Crippen LogP contribution in [0.15, 0.2) is 30.5 Å². The minimum absolute atomic E-state index is 0.0578. The van der Waals surface area contributed by atoms with E-state index in [2.05, 4.69) is 10.3 Å². The summed E-state index contributed by atoms with van der Waals surface area (Å²) in [6, 6.07) is 7.55. The van der Waals surface area contributed by atoms with Gasteiger partial charge in [0, 0.05) is 27.8 Å². The van der Waals surface area contributed by atoms with Crippen molar-refractivity contribution < 1.29 is 0 Å². The van der Waals surface area contributed by atoms with E-state index in [0.717, 1.165) is 23.1 Å². The van der Waals surface area contributed by atoms with Crippen LogP contribution >= 0.6 is 23.2 Å². The van der Waals surface area contributed by atoms with Gasteiger partial charge in [-0.1, -0.05) is 29.3 Å². The maximum absolute atomic E-state index is 6.24. The molecule has 1 heterocycles. The summed E-state index contributed by atoms with van der Waals surface area (Å²) in [5.74, 6) is 0.550. The topological polar surface area (TPSA) is 50.9 Å². The Labute approximate surface area is 129 Å². The fourth-order valence-electron chi connectivity index (χ4n) is 2.30. The summed E-state index contributed by atoms with van der Waals surface area (Å²) in [6.45, 7) is 2.03. The molecule has 0 saturated heterocycles. The summed E-state index contributed by atoms with van der Waals surface area (Å²) in [6.07, 6.45) is 2.44. The molecule has 0 bridgehead atoms. The van der Waals surface area contributed by atoms with Gasteiger partial charge in [0.2, 0.25) is 0 Å². The lowest BCUT2D eigenvalue weighted by atomic mass is 9.96. The molecule has 1 aromatic heterocycles. The average Bonchev–Trinajstić information content (AvgIpc) is 2.39. The molecule has 1 aromatic carbocycles. The molecule has 0 aliphatic carbocycles. The van der Waals surface area contributed by atoms with Gasteiger partial charge in [-0.3, -0.25) is 0 Å². The van der Waals surface area contributed by atoms with Crippen molar-refractivity contribution in [2.45, 2.75) is 19.4 Å². The molecule has 0 saturated carbocycles. The Hall–Kier alpha value is -1.29. The number of nitrogen functional groups attached to an aromatic ring is 1. The van der Waals surface area contributed by atoms with Gasteiger partial charge in [0.05, 0.1) is 0 Å². The number of nitrogens with two attached hydrogens (primary N) is 1. The van der Waals surface area contributed by atoms with Crippen molar-refractivity contribution in [3.8, 4) is 0 Å². The van der Waals surface area contributed by atoms with Crippen LogP contribution in [0.25, 0.3) is 0 Å². The summed E-state index contributed by atoms with van der Waals surface area (Å²) in [7, 11) is 1.90. The number of hydrogen-bond donors (Lipinski definition) is 2. The zero-order valence-corrected chi connectivity index (χ0v) is 13.0. The normalized spacial score (nSPS) is 12.4. The summed E-state index contributed by atoms with van der Waals surface area (Å²) < 4.78 is 0. The standard InChI is InChI=1S/C15H17Cl2N3/c1-9-5-6-20-15(18)14(9)13(19-2)7-10-3-4-11(16)8-12(10)17/h3-6,8,13,19H,7H2,1-2H3,(H2,18,20). The molecule has 0 aliphatic heterocycles. The van der Waals surface area contributed by atoms with Gasteiger partial charge in [0.1, 0.15) is 5.82 Å². The van der Waals surface area contributed by atoms with Crippen LogP contribution in [0.1, 0.15) is 22.7 Å². The van der Waals surface area contributed by atoms with Gasteiger partial charge < -0.3 is 11.1 Å². The third kappa shape index (κ3) is 3.23. The van der Waals surface area contributed by atoms with Crippen LogP contribution in [0.4, 0.5) is 5.82 Å². The lowest BCUT2D eigenvalue weighted by Gasteiger charge is -2.20. The predicted octanol–water partition coefficient (Wildman–Crippen LogP) is 3.78. The Morgan fingerprint density at radius 3 is 2.65 bits per heavy atom. The third-order valence-corrected chi connectivity index (χ3v) is 3.96. The number of aromatic nitrogens is 1. The maximum Gasteiger partial charge on any atom is 0.128 e. The first kappa shape index (κ1) is 15.1. The molecule has 1 atom stereocenters. The minimum atomic E-state index is 0.0578. The number of nitrogens with one attached hydrogen (secondary N) is 1. The van der Waals surface area contributed by atoms with Crippen LogP contribution in [0.3, 0.4) is 0 Å². The van der Waals surface area contributed by atoms with E-state index >= 15 is 0 Å². The molecule has 20 heavy (non-hydrogen) atoms. The summed E-state index contributed by atoms with van der Waals surface area (Å²) in [5, 5.41) is 4.58. The third-order valence-electron chi connectivity index (χ3n) is 3.38. The van der Waals surface area contributed by atoms with Gasteiger partial charge in [-0.25, -0.2) is 4.98 Å². The fraction of sp³-hybridized carbons (Fsp3) is 0.267. The molecule has 0 aliphatic rings. The molecule has 106 valence electrons. The van der Waals surface area contributed by atoms with Crippen LogP contribution in [0.2, 0.25) is 10.0 Å². The van der Waals surface area contributed by atoms with Crippen molar-refractivity contribution >= 4 is 29.0 Å². The highest BCUT2D eigenvalue weighted by Gasteiger charge is 2.17. The molecule has 5 heteroatoms. The number of halogens is 2. The number of aryl methyl sites for hydroxylation is 1. The number of pyridine rings is 1. The van der Waals surface area contributed by atoms with Crippen LogP contribution < -0.4 is 11.1 Å². The Kier molecular flexibility index (Phi) is 4.86. The van der Waals surface area contributed by atoms with Gasteiger partial charge in [-0.2, -0.15) is 0 Å². The molecule has 0 spiro atoms. The Morgan fingerprint density at radius 2 is 2.05 bits per heavy atom. The van der Waals surface area contributed by atoms with Crippen molar-refractivity contribution in [2.75, 3.05) is 12.8 Å². The van der Waals surface area contributed by atoms with E-state index in [1.165, 1.54) is 0 Å². The van der Waals surface area contributed by atoms with E-state index in [9.17, 15) is 0 Å². The molecule has 3 nitrogen and oxygen atoms in total. The molecule has 0 amide bonds. The van der Waals surface area contributed by atoms with Gasteiger partial charge in [0.25, 0.3) is 0 Å². The van der Waals surface area contributed by atoms with E-state index in [1.54, 1.807) is 12.3 Å².